The van der Waals surface area contributed by atoms with E-state index in [0.29, 0.717) is 4.53 Å². The van der Waals surface area contributed by atoms with Crippen molar-refractivity contribution in [2.45, 2.75) is 18.9 Å². The molecular formula is C29H21N3OS. The third-order valence-corrected chi connectivity index (χ3v) is 7.88. The minimum atomic E-state index is -0.133. The molecule has 1 N–H and O–H groups in total. The molecule has 0 amide bonds. The SMILES string of the molecule is O=c1/c(=C/c2c[nH]c3ccccc23)sc2n1[C@H](c1ccccc1)C1=C(N=2)c2ccccc2CC1. The van der Waals surface area contributed by atoms with Gasteiger partial charge in [-0.15, -0.1) is 0 Å². The number of para-hydroxylation sites is 1. The minimum absolute atomic E-state index is 0.0216. The van der Waals surface area contributed by atoms with Crippen LogP contribution in [-0.2, 0) is 6.42 Å². The predicted molar refractivity (Wildman–Crippen MR) is 137 cm³/mol. The monoisotopic (exact) mass is 459 g/mol. The van der Waals surface area contributed by atoms with E-state index in [1.165, 1.54) is 28.0 Å². The van der Waals surface area contributed by atoms with Crippen LogP contribution in [0.2, 0.25) is 0 Å². The maximum Gasteiger partial charge on any atom is 0.271 e. The first-order chi connectivity index (χ1) is 16.8. The van der Waals surface area contributed by atoms with E-state index >= 15 is 0 Å². The van der Waals surface area contributed by atoms with Crippen LogP contribution in [0.5, 0.6) is 0 Å². The minimum Gasteiger partial charge on any atom is -0.361 e. The Morgan fingerprint density at radius 3 is 2.65 bits per heavy atom. The zero-order valence-electron chi connectivity index (χ0n) is 18.4. The summed E-state index contributed by atoms with van der Waals surface area (Å²) in [6, 6.07) is 26.9. The molecule has 0 saturated heterocycles. The van der Waals surface area contributed by atoms with Gasteiger partial charge in [0.15, 0.2) is 4.80 Å². The summed E-state index contributed by atoms with van der Waals surface area (Å²) in [7, 11) is 0. The highest BCUT2D eigenvalue weighted by Crippen LogP contribution is 2.41. The molecule has 7 rings (SSSR count). The van der Waals surface area contributed by atoms with Crippen molar-refractivity contribution in [2.75, 3.05) is 0 Å². The van der Waals surface area contributed by atoms with Crippen molar-refractivity contribution in [3.8, 4) is 0 Å². The summed E-state index contributed by atoms with van der Waals surface area (Å²) in [5.41, 5.74) is 8.03. The molecule has 1 aliphatic heterocycles. The number of aryl methyl sites for hydroxylation is 1. The Morgan fingerprint density at radius 2 is 1.74 bits per heavy atom. The van der Waals surface area contributed by atoms with Crippen molar-refractivity contribution in [3.05, 3.63) is 133 Å². The summed E-state index contributed by atoms with van der Waals surface area (Å²) < 4.78 is 2.62. The summed E-state index contributed by atoms with van der Waals surface area (Å²) >= 11 is 1.48. The maximum atomic E-state index is 13.8. The number of allylic oxidation sites excluding steroid dienone is 1. The van der Waals surface area contributed by atoms with Gasteiger partial charge in [0.05, 0.1) is 16.3 Å². The molecule has 2 aliphatic rings. The van der Waals surface area contributed by atoms with Crippen molar-refractivity contribution in [2.24, 2.45) is 4.99 Å². The van der Waals surface area contributed by atoms with Crippen LogP contribution in [0.4, 0.5) is 0 Å². The lowest BCUT2D eigenvalue weighted by Crippen LogP contribution is -2.38. The molecule has 1 aliphatic carbocycles. The highest BCUT2D eigenvalue weighted by Gasteiger charge is 2.32. The van der Waals surface area contributed by atoms with Gasteiger partial charge in [0.25, 0.3) is 5.56 Å². The lowest BCUT2D eigenvalue weighted by molar-refractivity contribution is 0.585. The Hall–Kier alpha value is -3.96. The van der Waals surface area contributed by atoms with Gasteiger partial charge < -0.3 is 4.98 Å². The standard InChI is InChI=1S/C29H21N3OS/c33-28-25(16-20-17-30-24-13-7-6-11-21(20)24)34-29-31-26-22-12-5-4-8-18(22)14-15-23(26)27(32(28)29)19-9-2-1-3-10-19/h1-13,16-17,27,30H,14-15H2/b25-16-/t27-/m1/s1. The van der Waals surface area contributed by atoms with E-state index < -0.39 is 0 Å². The number of nitrogens with zero attached hydrogens (tertiary/aromatic N) is 2. The predicted octanol–water partition coefficient (Wildman–Crippen LogP) is 4.80. The van der Waals surface area contributed by atoms with Crippen molar-refractivity contribution < 1.29 is 0 Å². The summed E-state index contributed by atoms with van der Waals surface area (Å²) in [5.74, 6) is 0. The average Bonchev–Trinajstić information content (AvgIpc) is 3.44. The summed E-state index contributed by atoms with van der Waals surface area (Å²) in [6.07, 6.45) is 5.84. The van der Waals surface area contributed by atoms with Gasteiger partial charge in [0.1, 0.15) is 0 Å². The molecule has 5 aromatic rings. The number of aromatic nitrogens is 2. The number of aromatic amines is 1. The fourth-order valence-corrected chi connectivity index (χ4v) is 6.30. The molecule has 0 spiro atoms. The second-order valence-electron chi connectivity index (χ2n) is 8.81. The fraction of sp³-hybridized carbons (Fsp3) is 0.103. The molecule has 1 atom stereocenters. The van der Waals surface area contributed by atoms with E-state index in [1.807, 2.05) is 47.2 Å². The van der Waals surface area contributed by atoms with Crippen molar-refractivity contribution in [3.63, 3.8) is 0 Å². The average molecular weight is 460 g/mol. The largest absolute Gasteiger partial charge is 0.361 e. The van der Waals surface area contributed by atoms with Crippen LogP contribution in [0.15, 0.2) is 100 Å². The Balaban J connectivity index is 1.50. The van der Waals surface area contributed by atoms with Crippen LogP contribution in [0.3, 0.4) is 0 Å². The van der Waals surface area contributed by atoms with Crippen LogP contribution in [-0.4, -0.2) is 9.55 Å². The number of hydrogen-bond donors (Lipinski definition) is 1. The second kappa shape index (κ2) is 7.54. The Kier molecular flexibility index (Phi) is 4.32. The molecule has 0 radical (unpaired) electrons. The molecule has 5 heteroatoms. The molecule has 0 fully saturated rings. The summed E-state index contributed by atoms with van der Waals surface area (Å²) in [6.45, 7) is 0. The quantitative estimate of drug-likeness (QED) is 0.405. The molecule has 0 bridgehead atoms. The molecular weight excluding hydrogens is 438 g/mol. The molecule has 0 unspecified atom stereocenters. The summed E-state index contributed by atoms with van der Waals surface area (Å²) in [5, 5.41) is 1.11. The van der Waals surface area contributed by atoms with E-state index in [9.17, 15) is 4.79 Å². The van der Waals surface area contributed by atoms with Crippen LogP contribution in [0.1, 0.15) is 34.7 Å². The number of rotatable bonds is 2. The van der Waals surface area contributed by atoms with Gasteiger partial charge in [-0.2, -0.15) is 0 Å². The third-order valence-electron chi connectivity index (χ3n) is 6.90. The van der Waals surface area contributed by atoms with Crippen LogP contribution in [0.25, 0.3) is 22.7 Å². The van der Waals surface area contributed by atoms with Crippen LogP contribution >= 0.6 is 11.3 Å². The van der Waals surface area contributed by atoms with Gasteiger partial charge in [-0.25, -0.2) is 4.99 Å². The Morgan fingerprint density at radius 1 is 0.941 bits per heavy atom. The zero-order chi connectivity index (χ0) is 22.6. The second-order valence-corrected chi connectivity index (χ2v) is 9.82. The van der Waals surface area contributed by atoms with Gasteiger partial charge in [-0.3, -0.25) is 9.36 Å². The number of H-pyrrole nitrogens is 1. The van der Waals surface area contributed by atoms with Crippen molar-refractivity contribution in [1.29, 1.82) is 0 Å². The number of nitrogens with one attached hydrogen (secondary N) is 1. The molecule has 3 aromatic carbocycles. The number of hydrogen-bond acceptors (Lipinski definition) is 3. The Bertz CT molecular complexity index is 1790. The molecule has 4 nitrogen and oxygen atoms in total. The first-order valence-electron chi connectivity index (χ1n) is 11.5. The van der Waals surface area contributed by atoms with Gasteiger partial charge >= 0.3 is 0 Å². The zero-order valence-corrected chi connectivity index (χ0v) is 19.2. The smallest absolute Gasteiger partial charge is 0.271 e. The van der Waals surface area contributed by atoms with Crippen LogP contribution < -0.4 is 14.9 Å². The topological polar surface area (TPSA) is 50.1 Å². The first-order valence-corrected chi connectivity index (χ1v) is 12.3. The lowest BCUT2D eigenvalue weighted by Gasteiger charge is -2.30. The Labute approximate surface area is 199 Å². The molecule has 2 aromatic heterocycles. The highest BCUT2D eigenvalue weighted by molar-refractivity contribution is 7.07. The highest BCUT2D eigenvalue weighted by atomic mass is 32.1. The normalized spacial score (nSPS) is 17.3. The van der Waals surface area contributed by atoms with Gasteiger partial charge in [0, 0.05) is 28.2 Å². The van der Waals surface area contributed by atoms with Crippen molar-refractivity contribution >= 4 is 34.0 Å². The number of benzene rings is 3. The molecule has 164 valence electrons. The molecule has 0 saturated carbocycles. The lowest BCUT2D eigenvalue weighted by atomic mass is 9.83. The van der Waals surface area contributed by atoms with E-state index in [4.69, 9.17) is 4.99 Å². The van der Waals surface area contributed by atoms with Gasteiger partial charge in [-0.05, 0) is 41.7 Å². The number of thiazole rings is 1. The van der Waals surface area contributed by atoms with E-state index in [2.05, 4.69) is 53.5 Å². The third kappa shape index (κ3) is 2.90. The van der Waals surface area contributed by atoms with Crippen molar-refractivity contribution in [1.82, 2.24) is 9.55 Å². The van der Waals surface area contributed by atoms with Gasteiger partial charge in [-0.1, -0.05) is 84.1 Å². The number of fused-ring (bicyclic) bond motifs is 4. The first kappa shape index (κ1) is 19.5. The fourth-order valence-electron chi connectivity index (χ4n) is 5.31. The van der Waals surface area contributed by atoms with Gasteiger partial charge in [0.2, 0.25) is 0 Å². The van der Waals surface area contributed by atoms with Crippen LogP contribution in [0, 0.1) is 0 Å². The molecule has 34 heavy (non-hydrogen) atoms. The van der Waals surface area contributed by atoms with E-state index in [-0.39, 0.29) is 11.6 Å². The van der Waals surface area contributed by atoms with E-state index in [0.717, 1.165) is 45.4 Å². The van der Waals surface area contributed by atoms with E-state index in [1.54, 1.807) is 0 Å². The molecule has 3 heterocycles. The summed E-state index contributed by atoms with van der Waals surface area (Å²) in [4.78, 5) is 23.0. The maximum absolute atomic E-state index is 13.8.